The van der Waals surface area contributed by atoms with E-state index < -0.39 is 5.60 Å². The average molecular weight is 462 g/mol. The van der Waals surface area contributed by atoms with Crippen LogP contribution in [-0.4, -0.2) is 31.8 Å². The summed E-state index contributed by atoms with van der Waals surface area (Å²) >= 11 is 0. The number of hydrogen-bond donors (Lipinski definition) is 2. The predicted molar refractivity (Wildman–Crippen MR) is 135 cm³/mol. The molecule has 0 aliphatic heterocycles. The molecule has 2 N–H and O–H groups in total. The fraction of sp³-hybridized carbons (Fsp3) is 0.345. The summed E-state index contributed by atoms with van der Waals surface area (Å²) in [7, 11) is 3.24. The van der Waals surface area contributed by atoms with Gasteiger partial charge in [-0.2, -0.15) is 0 Å². The van der Waals surface area contributed by atoms with E-state index in [9.17, 15) is 9.90 Å². The first-order chi connectivity index (χ1) is 16.5. The number of carbonyl (C=O) groups excluding carboxylic acids is 1. The highest BCUT2D eigenvalue weighted by Gasteiger charge is 2.34. The number of benzene rings is 3. The molecular weight excluding hydrogens is 426 g/mol. The predicted octanol–water partition coefficient (Wildman–Crippen LogP) is 5.23. The zero-order valence-corrected chi connectivity index (χ0v) is 20.3. The van der Waals surface area contributed by atoms with E-state index in [1.165, 1.54) is 0 Å². The molecule has 34 heavy (non-hydrogen) atoms. The van der Waals surface area contributed by atoms with Gasteiger partial charge in [0.1, 0.15) is 17.1 Å². The maximum Gasteiger partial charge on any atom is 0.220 e. The van der Waals surface area contributed by atoms with Crippen LogP contribution in [0.4, 0.5) is 0 Å². The molecule has 0 aromatic heterocycles. The number of amides is 1. The van der Waals surface area contributed by atoms with Crippen molar-refractivity contribution in [3.63, 3.8) is 0 Å². The lowest BCUT2D eigenvalue weighted by Crippen LogP contribution is -2.29. The van der Waals surface area contributed by atoms with Crippen LogP contribution in [-0.2, 0) is 16.8 Å². The summed E-state index contributed by atoms with van der Waals surface area (Å²) in [6.45, 7) is 2.89. The molecule has 3 rings (SSSR count). The molecule has 0 bridgehead atoms. The first kappa shape index (κ1) is 25.3. The molecule has 0 aliphatic carbocycles. The summed E-state index contributed by atoms with van der Waals surface area (Å²) in [5, 5.41) is 15.0. The van der Waals surface area contributed by atoms with Crippen molar-refractivity contribution in [2.75, 3.05) is 20.8 Å². The first-order valence-corrected chi connectivity index (χ1v) is 11.9. The largest absolute Gasteiger partial charge is 0.497 e. The molecule has 5 nitrogen and oxygen atoms in total. The number of carbonyl (C=O) groups is 1. The van der Waals surface area contributed by atoms with Crippen molar-refractivity contribution in [1.29, 1.82) is 0 Å². The fourth-order valence-electron chi connectivity index (χ4n) is 4.03. The van der Waals surface area contributed by atoms with Gasteiger partial charge in [0.25, 0.3) is 0 Å². The maximum absolute atomic E-state index is 12.1. The maximum atomic E-state index is 12.1. The van der Waals surface area contributed by atoms with Crippen molar-refractivity contribution in [2.45, 2.75) is 44.6 Å². The van der Waals surface area contributed by atoms with Gasteiger partial charge in [0.05, 0.1) is 14.2 Å². The standard InChI is InChI=1S/C29H35NO4/c1-4-5-6-21-30-28(31)20-9-22-7-10-23(11-8-22)29(32,24-12-16-26(33-2)17-13-24)25-14-18-27(34-3)19-15-25/h7-8,10-19,32H,4-6,9,20-21H2,1-3H3,(H,30,31). The van der Waals surface area contributed by atoms with Gasteiger partial charge in [0, 0.05) is 13.0 Å². The first-order valence-electron chi connectivity index (χ1n) is 11.9. The molecule has 0 atom stereocenters. The van der Waals surface area contributed by atoms with Gasteiger partial charge in [0.2, 0.25) is 5.91 Å². The van der Waals surface area contributed by atoms with E-state index in [4.69, 9.17) is 9.47 Å². The van der Waals surface area contributed by atoms with E-state index in [-0.39, 0.29) is 5.91 Å². The normalized spacial score (nSPS) is 11.2. The second-order valence-electron chi connectivity index (χ2n) is 8.42. The number of aliphatic hydroxyl groups is 1. The third kappa shape index (κ3) is 6.17. The number of methoxy groups -OCH3 is 2. The molecule has 3 aromatic rings. The lowest BCUT2D eigenvalue weighted by atomic mass is 9.80. The van der Waals surface area contributed by atoms with Gasteiger partial charge >= 0.3 is 0 Å². The molecule has 0 saturated heterocycles. The van der Waals surface area contributed by atoms with Crippen LogP contribution in [0.15, 0.2) is 72.8 Å². The van der Waals surface area contributed by atoms with Gasteiger partial charge in [0.15, 0.2) is 0 Å². The summed E-state index contributed by atoms with van der Waals surface area (Å²) in [6.07, 6.45) is 4.40. The van der Waals surface area contributed by atoms with Crippen molar-refractivity contribution in [3.05, 3.63) is 95.1 Å². The Morgan fingerprint density at radius 2 is 1.26 bits per heavy atom. The van der Waals surface area contributed by atoms with Crippen molar-refractivity contribution in [2.24, 2.45) is 0 Å². The highest BCUT2D eigenvalue weighted by molar-refractivity contribution is 5.76. The molecule has 0 heterocycles. The number of hydrogen-bond acceptors (Lipinski definition) is 4. The topological polar surface area (TPSA) is 67.8 Å². The fourth-order valence-corrected chi connectivity index (χ4v) is 4.03. The quantitative estimate of drug-likeness (QED) is 0.286. The smallest absolute Gasteiger partial charge is 0.220 e. The van der Waals surface area contributed by atoms with Crippen LogP contribution in [0.5, 0.6) is 11.5 Å². The molecule has 3 aromatic carbocycles. The number of ether oxygens (including phenoxy) is 2. The molecule has 180 valence electrons. The Morgan fingerprint density at radius 1 is 0.794 bits per heavy atom. The molecule has 0 saturated carbocycles. The van der Waals surface area contributed by atoms with Crippen LogP contribution in [0.3, 0.4) is 0 Å². The molecule has 0 radical (unpaired) electrons. The van der Waals surface area contributed by atoms with E-state index >= 15 is 0 Å². The number of nitrogens with one attached hydrogen (secondary N) is 1. The minimum Gasteiger partial charge on any atom is -0.497 e. The monoisotopic (exact) mass is 461 g/mol. The van der Waals surface area contributed by atoms with Crippen LogP contribution in [0, 0.1) is 0 Å². The van der Waals surface area contributed by atoms with Crippen LogP contribution in [0.2, 0.25) is 0 Å². The van der Waals surface area contributed by atoms with Gasteiger partial charge in [-0.1, -0.05) is 68.3 Å². The molecule has 0 unspecified atom stereocenters. The van der Waals surface area contributed by atoms with Gasteiger partial charge in [-0.15, -0.1) is 0 Å². The highest BCUT2D eigenvalue weighted by Crippen LogP contribution is 2.38. The number of aryl methyl sites for hydroxylation is 1. The van der Waals surface area contributed by atoms with Gasteiger partial charge in [-0.05, 0) is 59.4 Å². The van der Waals surface area contributed by atoms with E-state index in [0.717, 1.165) is 59.6 Å². The second-order valence-corrected chi connectivity index (χ2v) is 8.42. The highest BCUT2D eigenvalue weighted by atomic mass is 16.5. The zero-order chi connectivity index (χ0) is 24.4. The van der Waals surface area contributed by atoms with Crippen molar-refractivity contribution >= 4 is 5.91 Å². The molecule has 1 amide bonds. The van der Waals surface area contributed by atoms with Gasteiger partial charge < -0.3 is 19.9 Å². The Balaban J connectivity index is 1.81. The summed E-state index contributed by atoms with van der Waals surface area (Å²) in [4.78, 5) is 12.1. The lowest BCUT2D eigenvalue weighted by molar-refractivity contribution is -0.121. The zero-order valence-electron chi connectivity index (χ0n) is 20.3. The Labute approximate surface area is 202 Å². The Kier molecular flexibility index (Phi) is 9.11. The second kappa shape index (κ2) is 12.2. The molecule has 5 heteroatoms. The van der Waals surface area contributed by atoms with Crippen LogP contribution < -0.4 is 14.8 Å². The molecular formula is C29H35NO4. The summed E-state index contributed by atoms with van der Waals surface area (Å²) < 4.78 is 10.6. The average Bonchev–Trinajstić information content (AvgIpc) is 2.90. The van der Waals surface area contributed by atoms with E-state index in [0.29, 0.717) is 12.8 Å². The van der Waals surface area contributed by atoms with E-state index in [2.05, 4.69) is 12.2 Å². The van der Waals surface area contributed by atoms with Crippen molar-refractivity contribution in [1.82, 2.24) is 5.32 Å². The molecule has 0 fully saturated rings. The van der Waals surface area contributed by atoms with Crippen molar-refractivity contribution in [3.8, 4) is 11.5 Å². The molecule has 0 spiro atoms. The SMILES string of the molecule is CCCCCNC(=O)CCc1ccc(C(O)(c2ccc(OC)cc2)c2ccc(OC)cc2)cc1. The summed E-state index contributed by atoms with van der Waals surface area (Å²) in [5.74, 6) is 1.53. The van der Waals surface area contributed by atoms with Gasteiger partial charge in [-0.25, -0.2) is 0 Å². The minimum atomic E-state index is -1.35. The Bertz CT molecular complexity index is 980. The van der Waals surface area contributed by atoms with E-state index in [1.54, 1.807) is 14.2 Å². The van der Waals surface area contributed by atoms with Crippen molar-refractivity contribution < 1.29 is 19.4 Å². The van der Waals surface area contributed by atoms with E-state index in [1.807, 2.05) is 72.8 Å². The number of unbranched alkanes of at least 4 members (excludes halogenated alkanes) is 2. The summed E-state index contributed by atoms with van der Waals surface area (Å²) in [6, 6.07) is 22.7. The minimum absolute atomic E-state index is 0.0770. The van der Waals surface area contributed by atoms with Crippen LogP contribution in [0.25, 0.3) is 0 Å². The number of rotatable bonds is 12. The third-order valence-electron chi connectivity index (χ3n) is 6.13. The Morgan fingerprint density at radius 3 is 1.71 bits per heavy atom. The van der Waals surface area contributed by atoms with Crippen LogP contribution in [0.1, 0.15) is 54.9 Å². The third-order valence-corrected chi connectivity index (χ3v) is 6.13. The molecule has 0 aliphatic rings. The Hall–Kier alpha value is -3.31. The lowest BCUT2D eigenvalue weighted by Gasteiger charge is -2.30. The van der Waals surface area contributed by atoms with Gasteiger partial charge in [-0.3, -0.25) is 4.79 Å². The van der Waals surface area contributed by atoms with Crippen LogP contribution >= 0.6 is 0 Å². The summed E-state index contributed by atoms with van der Waals surface area (Å²) in [5.41, 5.74) is 1.92.